The van der Waals surface area contributed by atoms with Crippen LogP contribution in [0.2, 0.25) is 5.02 Å². The van der Waals surface area contributed by atoms with E-state index in [1.165, 1.54) is 0 Å². The summed E-state index contributed by atoms with van der Waals surface area (Å²) in [6, 6.07) is 5.78. The average Bonchev–Trinajstić information content (AvgIpc) is 2.86. The molecule has 0 saturated heterocycles. The van der Waals surface area contributed by atoms with Crippen molar-refractivity contribution < 1.29 is 4.74 Å². The van der Waals surface area contributed by atoms with Crippen LogP contribution < -0.4 is 10.5 Å². The normalized spacial score (nSPS) is 10.7. The zero-order valence-corrected chi connectivity index (χ0v) is 11.7. The number of nitrogens with two attached hydrogens (primary N) is 1. The Morgan fingerprint density at radius 3 is 2.89 bits per heavy atom. The lowest BCUT2D eigenvalue weighted by molar-refractivity contribution is 0.317. The lowest BCUT2D eigenvalue weighted by Crippen LogP contribution is -2.09. The van der Waals surface area contributed by atoms with Gasteiger partial charge in [0, 0.05) is 18.3 Å². The smallest absolute Gasteiger partial charge is 0.137 e. The van der Waals surface area contributed by atoms with Crippen LogP contribution in [0.3, 0.4) is 0 Å². The highest BCUT2D eigenvalue weighted by Gasteiger charge is 2.06. The van der Waals surface area contributed by atoms with Crippen LogP contribution in [0, 0.1) is 0 Å². The number of rotatable bonds is 6. The molecule has 0 aliphatic heterocycles. The minimum Gasteiger partial charge on any atom is -0.492 e. The first-order chi connectivity index (χ1) is 9.24. The Labute approximate surface area is 118 Å². The summed E-state index contributed by atoms with van der Waals surface area (Å²) in [5.41, 5.74) is 7.55. The molecule has 1 aromatic heterocycles. The van der Waals surface area contributed by atoms with Crippen molar-refractivity contribution in [2.75, 3.05) is 13.2 Å². The Morgan fingerprint density at radius 2 is 2.21 bits per heavy atom. The molecule has 102 valence electrons. The molecule has 0 spiro atoms. The van der Waals surface area contributed by atoms with Gasteiger partial charge in [-0.1, -0.05) is 24.6 Å². The molecule has 5 heteroatoms. The summed E-state index contributed by atoms with van der Waals surface area (Å²) in [6.45, 7) is 4.03. The molecule has 2 N–H and O–H groups in total. The molecule has 2 rings (SSSR count). The fraction of sp³-hybridized carbons (Fsp3) is 0.357. The summed E-state index contributed by atoms with van der Waals surface area (Å²) in [5, 5.41) is 4.87. The van der Waals surface area contributed by atoms with Crippen molar-refractivity contribution in [3.05, 3.63) is 35.6 Å². The van der Waals surface area contributed by atoms with E-state index in [2.05, 4.69) is 12.0 Å². The molecule has 0 bridgehead atoms. The fourth-order valence-electron chi connectivity index (χ4n) is 1.78. The summed E-state index contributed by atoms with van der Waals surface area (Å²) in [5.74, 6) is 0.724. The molecule has 1 heterocycles. The van der Waals surface area contributed by atoms with Crippen LogP contribution in [-0.4, -0.2) is 22.9 Å². The summed E-state index contributed by atoms with van der Waals surface area (Å²) in [7, 11) is 0. The minimum absolute atomic E-state index is 0.575. The molecular formula is C14H18ClN3O. The highest BCUT2D eigenvalue weighted by Crippen LogP contribution is 2.30. The Balaban J connectivity index is 2.18. The third-order valence-electron chi connectivity index (χ3n) is 2.72. The third kappa shape index (κ3) is 3.49. The fourth-order valence-corrected chi connectivity index (χ4v) is 2.01. The van der Waals surface area contributed by atoms with Gasteiger partial charge >= 0.3 is 0 Å². The van der Waals surface area contributed by atoms with Crippen LogP contribution in [0.25, 0.3) is 11.1 Å². The van der Waals surface area contributed by atoms with Crippen LogP contribution in [-0.2, 0) is 6.54 Å². The zero-order chi connectivity index (χ0) is 13.7. The number of ether oxygens (including phenoxy) is 1. The van der Waals surface area contributed by atoms with Gasteiger partial charge in [0.15, 0.2) is 0 Å². The SMILES string of the molecule is CCCOc1ccc(-c2cnn(CCN)c2)cc1Cl. The summed E-state index contributed by atoms with van der Waals surface area (Å²) in [6.07, 6.45) is 4.74. The van der Waals surface area contributed by atoms with E-state index in [-0.39, 0.29) is 0 Å². The molecule has 0 atom stereocenters. The zero-order valence-electron chi connectivity index (χ0n) is 11.0. The lowest BCUT2D eigenvalue weighted by Gasteiger charge is -2.07. The van der Waals surface area contributed by atoms with Crippen molar-refractivity contribution in [2.24, 2.45) is 5.73 Å². The van der Waals surface area contributed by atoms with Crippen molar-refractivity contribution >= 4 is 11.6 Å². The number of benzene rings is 1. The maximum atomic E-state index is 6.21. The molecule has 0 aliphatic rings. The summed E-state index contributed by atoms with van der Waals surface area (Å²) >= 11 is 6.21. The van der Waals surface area contributed by atoms with Crippen molar-refractivity contribution in [3.63, 3.8) is 0 Å². The largest absolute Gasteiger partial charge is 0.492 e. The number of aromatic nitrogens is 2. The number of nitrogens with zero attached hydrogens (tertiary/aromatic N) is 2. The molecule has 0 aliphatic carbocycles. The Kier molecular flexibility index (Phi) is 4.82. The first-order valence-corrected chi connectivity index (χ1v) is 6.77. The Bertz CT molecular complexity index is 539. The van der Waals surface area contributed by atoms with Gasteiger partial charge in [0.2, 0.25) is 0 Å². The van der Waals surface area contributed by atoms with Crippen LogP contribution in [0.5, 0.6) is 5.75 Å². The van der Waals surface area contributed by atoms with Gasteiger partial charge in [-0.25, -0.2) is 0 Å². The van der Waals surface area contributed by atoms with Crippen molar-refractivity contribution in [3.8, 4) is 16.9 Å². The second kappa shape index (κ2) is 6.59. The van der Waals surface area contributed by atoms with Gasteiger partial charge < -0.3 is 10.5 Å². The van der Waals surface area contributed by atoms with E-state index < -0.39 is 0 Å². The molecule has 0 saturated carbocycles. The van der Waals surface area contributed by atoms with Gasteiger partial charge in [-0.15, -0.1) is 0 Å². The van der Waals surface area contributed by atoms with Gasteiger partial charge in [-0.3, -0.25) is 4.68 Å². The van der Waals surface area contributed by atoms with Crippen molar-refractivity contribution in [2.45, 2.75) is 19.9 Å². The Hall–Kier alpha value is -1.52. The van der Waals surface area contributed by atoms with Gasteiger partial charge in [-0.05, 0) is 24.1 Å². The summed E-state index contributed by atoms with van der Waals surface area (Å²) in [4.78, 5) is 0. The molecule has 0 amide bonds. The molecule has 1 aromatic carbocycles. The molecule has 0 unspecified atom stereocenters. The van der Waals surface area contributed by atoms with Gasteiger partial charge in [-0.2, -0.15) is 5.10 Å². The first kappa shape index (κ1) is 13.9. The summed E-state index contributed by atoms with van der Waals surface area (Å²) < 4.78 is 7.38. The minimum atomic E-state index is 0.575. The van der Waals surface area contributed by atoms with Gasteiger partial charge in [0.1, 0.15) is 5.75 Å². The van der Waals surface area contributed by atoms with Crippen LogP contribution in [0.15, 0.2) is 30.6 Å². The molecule has 0 radical (unpaired) electrons. The van der Waals surface area contributed by atoms with E-state index in [1.807, 2.05) is 35.3 Å². The van der Waals surface area contributed by atoms with E-state index in [0.717, 1.165) is 23.3 Å². The third-order valence-corrected chi connectivity index (χ3v) is 3.01. The predicted molar refractivity (Wildman–Crippen MR) is 77.5 cm³/mol. The molecule has 19 heavy (non-hydrogen) atoms. The topological polar surface area (TPSA) is 53.1 Å². The van der Waals surface area contributed by atoms with E-state index in [4.69, 9.17) is 22.1 Å². The van der Waals surface area contributed by atoms with E-state index in [1.54, 1.807) is 0 Å². The van der Waals surface area contributed by atoms with Crippen LogP contribution in [0.4, 0.5) is 0 Å². The van der Waals surface area contributed by atoms with Gasteiger partial charge in [0.25, 0.3) is 0 Å². The second-order valence-electron chi connectivity index (χ2n) is 4.27. The molecule has 0 fully saturated rings. The number of hydrogen-bond donors (Lipinski definition) is 1. The maximum absolute atomic E-state index is 6.21. The van der Waals surface area contributed by atoms with Crippen LogP contribution >= 0.6 is 11.6 Å². The molecule has 2 aromatic rings. The van der Waals surface area contributed by atoms with E-state index >= 15 is 0 Å². The Morgan fingerprint density at radius 1 is 1.37 bits per heavy atom. The molecular weight excluding hydrogens is 262 g/mol. The van der Waals surface area contributed by atoms with Crippen molar-refractivity contribution in [1.29, 1.82) is 0 Å². The van der Waals surface area contributed by atoms with Gasteiger partial charge in [0.05, 0.1) is 24.4 Å². The maximum Gasteiger partial charge on any atom is 0.137 e. The standard InChI is InChI=1S/C14H18ClN3O/c1-2-7-19-14-4-3-11(8-13(14)15)12-9-17-18(10-12)6-5-16/h3-4,8-10H,2,5-7,16H2,1H3. The van der Waals surface area contributed by atoms with Crippen molar-refractivity contribution in [1.82, 2.24) is 9.78 Å². The molecule has 4 nitrogen and oxygen atoms in total. The van der Waals surface area contributed by atoms with E-state index in [9.17, 15) is 0 Å². The average molecular weight is 280 g/mol. The second-order valence-corrected chi connectivity index (χ2v) is 4.68. The highest BCUT2D eigenvalue weighted by molar-refractivity contribution is 6.32. The predicted octanol–water partition coefficient (Wildman–Crippen LogP) is 2.95. The highest BCUT2D eigenvalue weighted by atomic mass is 35.5. The quantitative estimate of drug-likeness (QED) is 0.884. The van der Waals surface area contributed by atoms with E-state index in [0.29, 0.717) is 24.7 Å². The monoisotopic (exact) mass is 279 g/mol. The lowest BCUT2D eigenvalue weighted by atomic mass is 10.1. The van der Waals surface area contributed by atoms with Crippen LogP contribution in [0.1, 0.15) is 13.3 Å². The first-order valence-electron chi connectivity index (χ1n) is 6.40. The number of hydrogen-bond acceptors (Lipinski definition) is 3. The number of halogens is 1.